The molecule has 3 aliphatic rings. The van der Waals surface area contributed by atoms with Gasteiger partial charge in [0.25, 0.3) is 0 Å². The van der Waals surface area contributed by atoms with Crippen LogP contribution in [0.1, 0.15) is 93.3 Å². The third kappa shape index (κ3) is 8.01. The average molecular weight is 616 g/mol. The van der Waals surface area contributed by atoms with Crippen LogP contribution in [0.3, 0.4) is 0 Å². The average Bonchev–Trinajstić information content (AvgIpc) is 3.51. The molecule has 44 heavy (non-hydrogen) atoms. The Morgan fingerprint density at radius 3 is 2.52 bits per heavy atom. The van der Waals surface area contributed by atoms with Gasteiger partial charge in [-0.2, -0.15) is 0 Å². The van der Waals surface area contributed by atoms with E-state index in [9.17, 15) is 0 Å². The van der Waals surface area contributed by atoms with E-state index in [1.54, 1.807) is 18.4 Å². The molecule has 236 valence electrons. The number of guanidine groups is 1. The lowest BCUT2D eigenvalue weighted by Crippen LogP contribution is -2.49. The van der Waals surface area contributed by atoms with Crippen molar-refractivity contribution in [2.24, 2.45) is 16.6 Å². The first kappa shape index (κ1) is 31.1. The Hall–Kier alpha value is -2.94. The predicted octanol–water partition coefficient (Wildman–Crippen LogP) is 8.41. The van der Waals surface area contributed by atoms with Crippen molar-refractivity contribution in [3.05, 3.63) is 70.2 Å². The van der Waals surface area contributed by atoms with Gasteiger partial charge in [0, 0.05) is 43.2 Å². The Balaban J connectivity index is 1.16. The van der Waals surface area contributed by atoms with E-state index < -0.39 is 0 Å². The number of thiazole rings is 1. The zero-order valence-electron chi connectivity index (χ0n) is 26.3. The summed E-state index contributed by atoms with van der Waals surface area (Å²) in [6.07, 6.45) is 15.5. The number of nitrogens with zero attached hydrogens (tertiary/aromatic N) is 4. The van der Waals surface area contributed by atoms with Gasteiger partial charge >= 0.3 is 0 Å². The largest absolute Gasteiger partial charge is 0.457 e. The van der Waals surface area contributed by atoms with Gasteiger partial charge in [-0.1, -0.05) is 56.7 Å². The van der Waals surface area contributed by atoms with Crippen molar-refractivity contribution in [1.29, 1.82) is 0 Å². The molecular formula is C36H49N5O2S. The molecule has 1 atom stereocenters. The number of benzene rings is 2. The Kier molecular flexibility index (Phi) is 10.8. The van der Waals surface area contributed by atoms with E-state index in [-0.39, 0.29) is 0 Å². The summed E-state index contributed by atoms with van der Waals surface area (Å²) >= 11 is 1.72. The Morgan fingerprint density at radius 1 is 0.977 bits per heavy atom. The number of aliphatic imine (C=N–C) groups is 1. The summed E-state index contributed by atoms with van der Waals surface area (Å²) < 4.78 is 11.5. The maximum atomic E-state index is 6.76. The minimum atomic E-state index is 0.395. The summed E-state index contributed by atoms with van der Waals surface area (Å²) in [7, 11) is 1.74. The van der Waals surface area contributed by atoms with Gasteiger partial charge in [0.2, 0.25) is 0 Å². The maximum Gasteiger partial charge on any atom is 0.197 e. The lowest BCUT2D eigenvalue weighted by Gasteiger charge is -2.42. The highest BCUT2D eigenvalue weighted by molar-refractivity contribution is 7.09. The standard InChI is InChI=1S/C36H49N5O2S/c1-42-25-35-38-29(26-44-35)24-40(30-14-7-3-8-15-30)21-11-18-34(27-12-5-2-6-13-27)41-23-28-22-32(19-20-33(28)39-36(41)37)43-31-16-9-4-10-17-31/h4,9-10,16-17,19-20,22,26-27,30,34H,2-3,5-8,11-15,18,21,23-25H2,1H3,(H2,37,39). The predicted molar refractivity (Wildman–Crippen MR) is 179 cm³/mol. The van der Waals surface area contributed by atoms with Gasteiger partial charge in [-0.05, 0) is 81.3 Å². The first-order valence-electron chi connectivity index (χ1n) is 16.8. The van der Waals surface area contributed by atoms with Crippen molar-refractivity contribution in [2.45, 2.75) is 109 Å². The van der Waals surface area contributed by atoms with Crippen LogP contribution in [0.2, 0.25) is 0 Å². The Bertz CT molecular complexity index is 1350. The number of rotatable bonds is 13. The molecule has 6 rings (SSSR count). The second-order valence-electron chi connectivity index (χ2n) is 12.8. The third-order valence-corrected chi connectivity index (χ3v) is 10.6. The number of hydrogen-bond donors (Lipinski definition) is 1. The normalized spacial score (nSPS) is 18.7. The highest BCUT2D eigenvalue weighted by Gasteiger charge is 2.33. The SMILES string of the molecule is COCc1nc(CN(CCCC(C2CCCCC2)N2Cc3cc(Oc4ccccc4)ccc3N=C2N)C2CCCCC2)cs1. The summed E-state index contributed by atoms with van der Waals surface area (Å²) in [6, 6.07) is 17.2. The van der Waals surface area contributed by atoms with E-state index in [2.05, 4.69) is 21.2 Å². The van der Waals surface area contributed by atoms with E-state index in [1.165, 1.54) is 75.5 Å². The van der Waals surface area contributed by atoms with Gasteiger partial charge in [-0.15, -0.1) is 11.3 Å². The first-order valence-corrected chi connectivity index (χ1v) is 17.7. The molecule has 8 heteroatoms. The fourth-order valence-electron chi connectivity index (χ4n) is 7.55. The fourth-order valence-corrected chi connectivity index (χ4v) is 8.30. The highest BCUT2D eigenvalue weighted by atomic mass is 32.1. The number of ether oxygens (including phenoxy) is 2. The summed E-state index contributed by atoms with van der Waals surface area (Å²) in [5, 5.41) is 3.30. The molecule has 0 amide bonds. The molecule has 2 fully saturated rings. The number of hydrogen-bond acceptors (Lipinski definition) is 8. The molecule has 1 aromatic heterocycles. The number of para-hydroxylation sites is 1. The van der Waals surface area contributed by atoms with Crippen LogP contribution in [-0.2, 0) is 24.4 Å². The van der Waals surface area contributed by atoms with Crippen LogP contribution in [0.15, 0.2) is 58.9 Å². The summed E-state index contributed by atoms with van der Waals surface area (Å²) in [5.41, 5.74) is 10.1. The number of methoxy groups -OCH3 is 1. The molecule has 1 aliphatic heterocycles. The van der Waals surface area contributed by atoms with Crippen LogP contribution in [0.25, 0.3) is 0 Å². The van der Waals surface area contributed by atoms with Crippen LogP contribution in [-0.4, -0.2) is 46.5 Å². The molecule has 2 aromatic carbocycles. The molecule has 0 bridgehead atoms. The van der Waals surface area contributed by atoms with Crippen molar-refractivity contribution in [3.63, 3.8) is 0 Å². The van der Waals surface area contributed by atoms with Crippen molar-refractivity contribution >= 4 is 23.0 Å². The topological polar surface area (TPSA) is 76.2 Å². The quantitative estimate of drug-likeness (QED) is 0.208. The van der Waals surface area contributed by atoms with Crippen LogP contribution < -0.4 is 10.5 Å². The molecule has 0 saturated heterocycles. The van der Waals surface area contributed by atoms with Gasteiger partial charge in [0.05, 0.1) is 18.0 Å². The van der Waals surface area contributed by atoms with Crippen molar-refractivity contribution in [2.75, 3.05) is 13.7 Å². The van der Waals surface area contributed by atoms with E-state index in [1.807, 2.05) is 42.5 Å². The molecule has 0 spiro atoms. The van der Waals surface area contributed by atoms with Gasteiger partial charge in [-0.25, -0.2) is 9.98 Å². The Labute approximate surface area is 267 Å². The molecule has 2 N–H and O–H groups in total. The molecule has 2 heterocycles. The van der Waals surface area contributed by atoms with E-state index in [4.69, 9.17) is 25.2 Å². The van der Waals surface area contributed by atoms with E-state index in [0.717, 1.165) is 54.7 Å². The van der Waals surface area contributed by atoms with Crippen LogP contribution in [0.5, 0.6) is 11.5 Å². The van der Waals surface area contributed by atoms with Crippen LogP contribution >= 0.6 is 11.3 Å². The van der Waals surface area contributed by atoms with Crippen LogP contribution in [0.4, 0.5) is 5.69 Å². The minimum absolute atomic E-state index is 0.395. The molecule has 3 aromatic rings. The van der Waals surface area contributed by atoms with Crippen molar-refractivity contribution < 1.29 is 9.47 Å². The molecule has 7 nitrogen and oxygen atoms in total. The van der Waals surface area contributed by atoms with Gasteiger partial charge in [0.1, 0.15) is 16.5 Å². The van der Waals surface area contributed by atoms with Crippen molar-refractivity contribution in [3.8, 4) is 11.5 Å². The fraction of sp³-hybridized carbons (Fsp3) is 0.556. The number of nitrogens with two attached hydrogens (primary N) is 1. The van der Waals surface area contributed by atoms with Gasteiger partial charge in [-0.3, -0.25) is 4.90 Å². The molecule has 2 aliphatic carbocycles. The smallest absolute Gasteiger partial charge is 0.197 e. The summed E-state index contributed by atoms with van der Waals surface area (Å²) in [6.45, 7) is 3.41. The second kappa shape index (κ2) is 15.4. The summed E-state index contributed by atoms with van der Waals surface area (Å²) in [4.78, 5) is 15.0. The van der Waals surface area contributed by atoms with Crippen molar-refractivity contribution in [1.82, 2.24) is 14.8 Å². The lowest BCUT2D eigenvalue weighted by molar-refractivity contribution is 0.125. The monoisotopic (exact) mass is 615 g/mol. The molecule has 2 saturated carbocycles. The highest BCUT2D eigenvalue weighted by Crippen LogP contribution is 2.37. The van der Waals surface area contributed by atoms with Gasteiger partial charge in [0.15, 0.2) is 5.96 Å². The molecule has 1 unspecified atom stereocenters. The van der Waals surface area contributed by atoms with Crippen LogP contribution in [0, 0.1) is 5.92 Å². The van der Waals surface area contributed by atoms with Gasteiger partial charge < -0.3 is 20.1 Å². The maximum absolute atomic E-state index is 6.76. The Morgan fingerprint density at radius 2 is 1.75 bits per heavy atom. The first-order chi connectivity index (χ1) is 21.7. The lowest BCUT2D eigenvalue weighted by atomic mass is 9.81. The third-order valence-electron chi connectivity index (χ3n) is 9.76. The number of aromatic nitrogens is 1. The van der Waals surface area contributed by atoms with E-state index >= 15 is 0 Å². The number of fused-ring (bicyclic) bond motifs is 1. The zero-order valence-corrected chi connectivity index (χ0v) is 27.1. The molecular weight excluding hydrogens is 566 g/mol. The summed E-state index contributed by atoms with van der Waals surface area (Å²) in [5.74, 6) is 3.01. The van der Waals surface area contributed by atoms with E-state index in [0.29, 0.717) is 30.6 Å². The zero-order chi connectivity index (χ0) is 30.1. The second-order valence-corrected chi connectivity index (χ2v) is 13.8. The molecule has 0 radical (unpaired) electrons. The minimum Gasteiger partial charge on any atom is -0.457 e.